The van der Waals surface area contributed by atoms with Gasteiger partial charge in [0, 0.05) is 22.7 Å². The van der Waals surface area contributed by atoms with Gasteiger partial charge in [-0.05, 0) is 12.1 Å². The van der Waals surface area contributed by atoms with Crippen molar-refractivity contribution in [2.45, 2.75) is 0 Å². The Balaban J connectivity index is 2.87. The highest BCUT2D eigenvalue weighted by Gasteiger charge is 1.98. The Labute approximate surface area is 64.0 Å². The number of aromatic amines is 1. The van der Waals surface area contributed by atoms with Crippen LogP contribution in [-0.2, 0) is 0 Å². The molecule has 2 rings (SSSR count). The largest absolute Gasteiger partial charge is 0.399 e. The summed E-state index contributed by atoms with van der Waals surface area (Å²) in [6.07, 6.45) is 1.87. The fraction of sp³-hybridized carbons (Fsp3) is 0. The summed E-state index contributed by atoms with van der Waals surface area (Å²) in [7, 11) is 0. The molecule has 0 spiro atoms. The quantitative estimate of drug-likeness (QED) is 0.492. The van der Waals surface area contributed by atoms with Gasteiger partial charge >= 0.3 is 0 Å². The molecule has 0 aliphatic rings. The topological polar surface area (TPSA) is 67.8 Å². The van der Waals surface area contributed by atoms with E-state index in [9.17, 15) is 0 Å². The third kappa shape index (κ3) is 0.816. The molecule has 2 aromatic rings. The minimum atomic E-state index is 0.673. The third-order valence-corrected chi connectivity index (χ3v) is 1.75. The van der Waals surface area contributed by atoms with Crippen LogP contribution in [0.5, 0.6) is 0 Å². The summed E-state index contributed by atoms with van der Waals surface area (Å²) in [4.78, 5) is 2.93. The summed E-state index contributed by atoms with van der Waals surface area (Å²) >= 11 is 0. The lowest BCUT2D eigenvalue weighted by Gasteiger charge is -1.92. The van der Waals surface area contributed by atoms with E-state index < -0.39 is 0 Å². The molecule has 1 aromatic heterocycles. The first kappa shape index (κ1) is 6.09. The molecule has 1 heterocycles. The average molecular weight is 147 g/mol. The Morgan fingerprint density at radius 3 is 2.82 bits per heavy atom. The smallest absolute Gasteiger partial charge is 0.108 e. The molecule has 56 valence electrons. The number of aromatic nitrogens is 1. The zero-order chi connectivity index (χ0) is 7.84. The normalized spacial score (nSPS) is 10.5. The molecule has 0 amide bonds. The van der Waals surface area contributed by atoms with E-state index in [4.69, 9.17) is 11.5 Å². The van der Waals surface area contributed by atoms with Crippen LogP contribution in [0.15, 0.2) is 24.4 Å². The van der Waals surface area contributed by atoms with Crippen molar-refractivity contribution in [2.75, 3.05) is 11.5 Å². The lowest BCUT2D eigenvalue weighted by molar-refractivity contribution is 1.43. The number of nitrogens with two attached hydrogens (primary N) is 2. The van der Waals surface area contributed by atoms with Crippen LogP contribution in [-0.4, -0.2) is 4.98 Å². The van der Waals surface area contributed by atoms with Crippen LogP contribution < -0.4 is 11.5 Å². The maximum absolute atomic E-state index is 5.63. The molecule has 0 unspecified atom stereocenters. The van der Waals surface area contributed by atoms with Crippen LogP contribution in [0.4, 0.5) is 11.5 Å². The fourth-order valence-electron chi connectivity index (χ4n) is 1.17. The molecule has 3 nitrogen and oxygen atoms in total. The number of nitrogens with one attached hydrogen (secondary N) is 1. The molecule has 3 heteroatoms. The van der Waals surface area contributed by atoms with Gasteiger partial charge < -0.3 is 16.5 Å². The minimum Gasteiger partial charge on any atom is -0.399 e. The molecule has 0 saturated heterocycles. The SMILES string of the molecule is Nc1ccc2c[nH]c(N)c2c1. The number of nitrogen functional groups attached to an aromatic ring is 2. The highest BCUT2D eigenvalue weighted by atomic mass is 14.8. The molecule has 0 aliphatic heterocycles. The lowest BCUT2D eigenvalue weighted by atomic mass is 10.2. The second-order valence-electron chi connectivity index (χ2n) is 2.55. The summed E-state index contributed by atoms with van der Waals surface area (Å²) < 4.78 is 0. The van der Waals surface area contributed by atoms with Crippen LogP contribution >= 0.6 is 0 Å². The second kappa shape index (κ2) is 1.92. The molecule has 5 N–H and O–H groups in total. The van der Waals surface area contributed by atoms with Crippen molar-refractivity contribution < 1.29 is 0 Å². The Morgan fingerprint density at radius 2 is 2.00 bits per heavy atom. The first-order valence-electron chi connectivity index (χ1n) is 3.39. The van der Waals surface area contributed by atoms with E-state index in [-0.39, 0.29) is 0 Å². The Bertz CT molecular complexity index is 389. The first-order valence-corrected chi connectivity index (χ1v) is 3.39. The summed E-state index contributed by atoms with van der Waals surface area (Å²) in [5, 5.41) is 2.08. The summed E-state index contributed by atoms with van der Waals surface area (Å²) in [5.74, 6) is 0.673. The standard InChI is InChI=1S/C8H9N3/c9-6-2-1-5-4-11-8(10)7(5)3-6/h1-4,11H,9-10H2. The van der Waals surface area contributed by atoms with E-state index in [2.05, 4.69) is 4.98 Å². The van der Waals surface area contributed by atoms with Crippen LogP contribution in [0.25, 0.3) is 10.8 Å². The highest BCUT2D eigenvalue weighted by Crippen LogP contribution is 2.21. The number of rotatable bonds is 0. The Kier molecular flexibility index (Phi) is 1.06. The molecular formula is C8H9N3. The molecule has 0 bridgehead atoms. The fourth-order valence-corrected chi connectivity index (χ4v) is 1.17. The molecule has 0 radical (unpaired) electrons. The van der Waals surface area contributed by atoms with Crippen LogP contribution in [0, 0.1) is 0 Å². The van der Waals surface area contributed by atoms with Gasteiger partial charge in [-0.3, -0.25) is 0 Å². The molecule has 11 heavy (non-hydrogen) atoms. The van der Waals surface area contributed by atoms with Gasteiger partial charge in [-0.1, -0.05) is 6.07 Å². The van der Waals surface area contributed by atoms with Gasteiger partial charge in [-0.25, -0.2) is 0 Å². The van der Waals surface area contributed by atoms with Crippen molar-refractivity contribution in [1.29, 1.82) is 0 Å². The maximum atomic E-state index is 5.63. The first-order chi connectivity index (χ1) is 5.27. The number of fused-ring (bicyclic) bond motifs is 1. The highest BCUT2D eigenvalue weighted by molar-refractivity contribution is 5.93. The van der Waals surface area contributed by atoms with Crippen molar-refractivity contribution in [3.8, 4) is 0 Å². The zero-order valence-corrected chi connectivity index (χ0v) is 5.96. The molecule has 0 fully saturated rings. The maximum Gasteiger partial charge on any atom is 0.108 e. The van der Waals surface area contributed by atoms with Gasteiger partial charge in [0.25, 0.3) is 0 Å². The van der Waals surface area contributed by atoms with Crippen molar-refractivity contribution >= 4 is 22.3 Å². The van der Waals surface area contributed by atoms with E-state index in [1.807, 2.05) is 24.4 Å². The molecule has 0 saturated carbocycles. The van der Waals surface area contributed by atoms with E-state index in [1.165, 1.54) is 0 Å². The Hall–Kier alpha value is -1.64. The third-order valence-electron chi connectivity index (χ3n) is 1.75. The van der Waals surface area contributed by atoms with Crippen LogP contribution in [0.1, 0.15) is 0 Å². The van der Waals surface area contributed by atoms with Crippen molar-refractivity contribution in [3.63, 3.8) is 0 Å². The predicted octanol–water partition coefficient (Wildman–Crippen LogP) is 1.33. The number of hydrogen-bond donors (Lipinski definition) is 3. The number of H-pyrrole nitrogens is 1. The summed E-state index contributed by atoms with van der Waals surface area (Å²) in [6, 6.07) is 5.66. The van der Waals surface area contributed by atoms with Gasteiger partial charge in [-0.15, -0.1) is 0 Å². The summed E-state index contributed by atoms with van der Waals surface area (Å²) in [6.45, 7) is 0. The van der Waals surface area contributed by atoms with Gasteiger partial charge in [0.2, 0.25) is 0 Å². The second-order valence-corrected chi connectivity index (χ2v) is 2.55. The minimum absolute atomic E-state index is 0.673. The zero-order valence-electron chi connectivity index (χ0n) is 5.96. The van der Waals surface area contributed by atoms with Crippen LogP contribution in [0.2, 0.25) is 0 Å². The van der Waals surface area contributed by atoms with Gasteiger partial charge in [-0.2, -0.15) is 0 Å². The Morgan fingerprint density at radius 1 is 1.18 bits per heavy atom. The van der Waals surface area contributed by atoms with Crippen LogP contribution in [0.3, 0.4) is 0 Å². The van der Waals surface area contributed by atoms with E-state index in [0.29, 0.717) is 5.82 Å². The van der Waals surface area contributed by atoms with Crippen molar-refractivity contribution in [1.82, 2.24) is 4.98 Å². The van der Waals surface area contributed by atoms with E-state index in [1.54, 1.807) is 0 Å². The number of anilines is 2. The van der Waals surface area contributed by atoms with Crippen molar-refractivity contribution in [2.24, 2.45) is 0 Å². The van der Waals surface area contributed by atoms with Gasteiger partial charge in [0.1, 0.15) is 5.82 Å². The average Bonchev–Trinajstić information content (AvgIpc) is 2.33. The molecule has 1 aromatic carbocycles. The molecule has 0 aliphatic carbocycles. The molecule has 0 atom stereocenters. The summed E-state index contributed by atoms with van der Waals surface area (Å²) in [5.41, 5.74) is 12.0. The predicted molar refractivity (Wildman–Crippen MR) is 47.1 cm³/mol. The monoisotopic (exact) mass is 147 g/mol. The molecular weight excluding hydrogens is 138 g/mol. The van der Waals surface area contributed by atoms with Gasteiger partial charge in [0.15, 0.2) is 0 Å². The lowest BCUT2D eigenvalue weighted by Crippen LogP contribution is -1.85. The van der Waals surface area contributed by atoms with E-state index in [0.717, 1.165) is 16.5 Å². The van der Waals surface area contributed by atoms with E-state index >= 15 is 0 Å². The van der Waals surface area contributed by atoms with Crippen molar-refractivity contribution in [3.05, 3.63) is 24.4 Å². The van der Waals surface area contributed by atoms with Gasteiger partial charge in [0.05, 0.1) is 0 Å². The number of hydrogen-bond acceptors (Lipinski definition) is 2. The number of benzene rings is 1.